The fourth-order valence-corrected chi connectivity index (χ4v) is 2.81. The smallest absolute Gasteiger partial charge is 0.305 e. The molecule has 2 rings (SSSR count). The molecule has 0 spiro atoms. The predicted octanol–water partition coefficient (Wildman–Crippen LogP) is 1.68. The quantitative estimate of drug-likeness (QED) is 0.827. The van der Waals surface area contributed by atoms with Crippen LogP contribution in [0.3, 0.4) is 0 Å². The van der Waals surface area contributed by atoms with Gasteiger partial charge in [-0.3, -0.25) is 9.59 Å². The summed E-state index contributed by atoms with van der Waals surface area (Å²) >= 11 is 0. The van der Waals surface area contributed by atoms with Crippen LogP contribution in [0.2, 0.25) is 0 Å². The Morgan fingerprint density at radius 1 is 1.35 bits per heavy atom. The van der Waals surface area contributed by atoms with Crippen LogP contribution in [0, 0.1) is 0 Å². The van der Waals surface area contributed by atoms with Crippen molar-refractivity contribution in [2.24, 2.45) is 0 Å². The Bertz CT molecular complexity index is 533. The highest BCUT2D eigenvalue weighted by atomic mass is 16.5. The molecule has 126 valence electrons. The lowest BCUT2D eigenvalue weighted by molar-refractivity contribution is -0.146. The van der Waals surface area contributed by atoms with Gasteiger partial charge in [0.1, 0.15) is 6.10 Å². The van der Waals surface area contributed by atoms with Crippen LogP contribution in [0.15, 0.2) is 30.3 Å². The number of amides is 1. The molecule has 1 fully saturated rings. The highest BCUT2D eigenvalue weighted by molar-refractivity contribution is 5.82. The second-order valence-corrected chi connectivity index (χ2v) is 5.77. The van der Waals surface area contributed by atoms with Gasteiger partial charge < -0.3 is 19.5 Å². The first-order valence-corrected chi connectivity index (χ1v) is 7.72. The number of hydrogen-bond donors (Lipinski definition) is 1. The fraction of sp³-hybridized carbons (Fsp3) is 0.529. The molecule has 0 bridgehead atoms. The third kappa shape index (κ3) is 4.77. The van der Waals surface area contributed by atoms with Gasteiger partial charge in [0.2, 0.25) is 0 Å². The van der Waals surface area contributed by atoms with Gasteiger partial charge in [-0.2, -0.15) is 0 Å². The van der Waals surface area contributed by atoms with Gasteiger partial charge in [0.25, 0.3) is 5.91 Å². The summed E-state index contributed by atoms with van der Waals surface area (Å²) in [6, 6.07) is 9.27. The highest BCUT2D eigenvalue weighted by Gasteiger charge is 2.38. The summed E-state index contributed by atoms with van der Waals surface area (Å²) in [5, 5.41) is 9.01. The molecule has 0 saturated carbocycles. The Morgan fingerprint density at radius 2 is 2.04 bits per heavy atom. The lowest BCUT2D eigenvalue weighted by Crippen LogP contribution is -2.43. The summed E-state index contributed by atoms with van der Waals surface area (Å²) in [7, 11) is 1.58. The molecule has 1 aliphatic rings. The first-order chi connectivity index (χ1) is 11.0. The molecule has 6 heteroatoms. The molecule has 0 aromatic heterocycles. The van der Waals surface area contributed by atoms with Crippen molar-refractivity contribution in [1.29, 1.82) is 0 Å². The monoisotopic (exact) mass is 321 g/mol. The largest absolute Gasteiger partial charge is 0.481 e. The fourth-order valence-electron chi connectivity index (χ4n) is 2.81. The Balaban J connectivity index is 1.94. The molecule has 3 unspecified atom stereocenters. The molecule has 1 aromatic carbocycles. The number of methoxy groups -OCH3 is 1. The van der Waals surface area contributed by atoms with Crippen molar-refractivity contribution in [3.63, 3.8) is 0 Å². The van der Waals surface area contributed by atoms with Crippen molar-refractivity contribution >= 4 is 11.9 Å². The number of nitrogens with zero attached hydrogens (tertiary/aromatic N) is 1. The maximum Gasteiger partial charge on any atom is 0.305 e. The number of carbonyl (C=O) groups is 2. The van der Waals surface area contributed by atoms with Crippen molar-refractivity contribution in [2.45, 2.75) is 44.6 Å². The van der Waals surface area contributed by atoms with Gasteiger partial charge in [0.05, 0.1) is 19.1 Å². The molecule has 1 N–H and O–H groups in total. The van der Waals surface area contributed by atoms with E-state index >= 15 is 0 Å². The molecule has 1 amide bonds. The number of carbonyl (C=O) groups excluding carboxylic acids is 1. The number of ether oxygens (including phenoxy) is 2. The van der Waals surface area contributed by atoms with Crippen LogP contribution >= 0.6 is 0 Å². The number of carboxylic acid groups (broad SMARTS) is 1. The molecule has 23 heavy (non-hydrogen) atoms. The zero-order valence-electron chi connectivity index (χ0n) is 13.5. The number of likely N-dealkylation sites (tertiary alicyclic amines) is 1. The van der Waals surface area contributed by atoms with E-state index in [4.69, 9.17) is 14.6 Å². The van der Waals surface area contributed by atoms with Crippen molar-refractivity contribution < 1.29 is 24.2 Å². The number of carboxylic acids is 1. The molecule has 0 radical (unpaired) electrons. The van der Waals surface area contributed by atoms with Crippen molar-refractivity contribution in [3.05, 3.63) is 35.9 Å². The molecular weight excluding hydrogens is 298 g/mol. The third-order valence-electron chi connectivity index (χ3n) is 4.09. The predicted molar refractivity (Wildman–Crippen MR) is 83.9 cm³/mol. The first-order valence-electron chi connectivity index (χ1n) is 7.72. The van der Waals surface area contributed by atoms with E-state index in [0.717, 1.165) is 5.56 Å². The highest BCUT2D eigenvalue weighted by Crippen LogP contribution is 2.24. The van der Waals surface area contributed by atoms with Crippen molar-refractivity contribution in [2.75, 3.05) is 13.7 Å². The van der Waals surface area contributed by atoms with Crippen LogP contribution in [0.5, 0.6) is 0 Å². The van der Waals surface area contributed by atoms with Gasteiger partial charge in [-0.15, -0.1) is 0 Å². The first kappa shape index (κ1) is 17.4. The molecule has 3 atom stereocenters. The SMILES string of the molecule is COC1CC(CC(=O)O)N(C(=O)C(C)OCc2ccccc2)C1. The molecule has 1 aromatic rings. The van der Waals surface area contributed by atoms with E-state index in [1.807, 2.05) is 30.3 Å². The van der Waals surface area contributed by atoms with Crippen LogP contribution in [0.4, 0.5) is 0 Å². The molecule has 1 saturated heterocycles. The summed E-state index contributed by atoms with van der Waals surface area (Å²) in [5.74, 6) is -1.10. The van der Waals surface area contributed by atoms with E-state index in [9.17, 15) is 9.59 Å². The third-order valence-corrected chi connectivity index (χ3v) is 4.09. The van der Waals surface area contributed by atoms with Gasteiger partial charge in [-0.1, -0.05) is 30.3 Å². The molecular formula is C17H23NO5. The summed E-state index contributed by atoms with van der Waals surface area (Å²) in [5.41, 5.74) is 0.991. The lowest BCUT2D eigenvalue weighted by Gasteiger charge is -2.26. The number of benzene rings is 1. The minimum Gasteiger partial charge on any atom is -0.481 e. The van der Waals surface area contributed by atoms with E-state index in [-0.39, 0.29) is 24.5 Å². The molecule has 1 heterocycles. The minimum atomic E-state index is -0.914. The van der Waals surface area contributed by atoms with Crippen molar-refractivity contribution in [1.82, 2.24) is 4.90 Å². The zero-order valence-corrected chi connectivity index (χ0v) is 13.5. The van der Waals surface area contributed by atoms with Gasteiger partial charge >= 0.3 is 5.97 Å². The second-order valence-electron chi connectivity index (χ2n) is 5.77. The molecule has 0 aliphatic carbocycles. The van der Waals surface area contributed by atoms with Gasteiger partial charge in [-0.25, -0.2) is 0 Å². The summed E-state index contributed by atoms with van der Waals surface area (Å²) in [6.45, 7) is 2.45. The van der Waals surface area contributed by atoms with Gasteiger partial charge in [0.15, 0.2) is 0 Å². The van der Waals surface area contributed by atoms with E-state index in [1.54, 1.807) is 18.9 Å². The second kappa shape index (κ2) is 8.08. The molecule has 6 nitrogen and oxygen atoms in total. The number of aliphatic carboxylic acids is 1. The van der Waals surface area contributed by atoms with Crippen LogP contribution in [0.25, 0.3) is 0 Å². The summed E-state index contributed by atoms with van der Waals surface area (Å²) in [6.07, 6.45) is -0.275. The Hall–Kier alpha value is -1.92. The van der Waals surface area contributed by atoms with Crippen LogP contribution in [-0.2, 0) is 25.7 Å². The standard InChI is InChI=1S/C17H23NO5/c1-12(23-11-13-6-4-3-5-7-13)17(21)18-10-15(22-2)8-14(18)9-16(19)20/h3-7,12,14-15H,8-11H2,1-2H3,(H,19,20). The van der Waals surface area contributed by atoms with Gasteiger partial charge in [0, 0.05) is 19.7 Å². The van der Waals surface area contributed by atoms with Crippen LogP contribution in [-0.4, -0.2) is 53.8 Å². The maximum absolute atomic E-state index is 12.6. The number of rotatable bonds is 7. The van der Waals surface area contributed by atoms with Crippen molar-refractivity contribution in [3.8, 4) is 0 Å². The Kier molecular flexibility index (Phi) is 6.12. The van der Waals surface area contributed by atoms with E-state index in [1.165, 1.54) is 0 Å². The average Bonchev–Trinajstić information content (AvgIpc) is 2.95. The normalized spacial score (nSPS) is 22.1. The number of hydrogen-bond acceptors (Lipinski definition) is 4. The van der Waals surface area contributed by atoms with Crippen LogP contribution < -0.4 is 0 Å². The van der Waals surface area contributed by atoms with E-state index in [0.29, 0.717) is 19.6 Å². The Labute approximate surface area is 136 Å². The topological polar surface area (TPSA) is 76.1 Å². The lowest BCUT2D eigenvalue weighted by atomic mass is 10.1. The maximum atomic E-state index is 12.6. The zero-order chi connectivity index (χ0) is 16.8. The Morgan fingerprint density at radius 3 is 2.65 bits per heavy atom. The van der Waals surface area contributed by atoms with E-state index < -0.39 is 12.1 Å². The van der Waals surface area contributed by atoms with Crippen LogP contribution in [0.1, 0.15) is 25.3 Å². The summed E-state index contributed by atoms with van der Waals surface area (Å²) in [4.78, 5) is 25.1. The minimum absolute atomic E-state index is 0.0724. The molecule has 1 aliphatic heterocycles. The van der Waals surface area contributed by atoms with Gasteiger partial charge in [-0.05, 0) is 18.9 Å². The van der Waals surface area contributed by atoms with E-state index in [2.05, 4.69) is 0 Å². The summed E-state index contributed by atoms with van der Waals surface area (Å²) < 4.78 is 10.9. The average molecular weight is 321 g/mol.